The Morgan fingerprint density at radius 2 is 1.43 bits per heavy atom. The molecule has 0 aliphatic rings. The topological polar surface area (TPSA) is 83.8 Å². The highest BCUT2D eigenvalue weighted by atomic mass is 32.2. The summed E-state index contributed by atoms with van der Waals surface area (Å²) in [5, 5.41) is 10.5. The van der Waals surface area contributed by atoms with Crippen LogP contribution in [0.25, 0.3) is 0 Å². The van der Waals surface area contributed by atoms with Crippen LogP contribution in [0, 0.1) is 0 Å². The number of para-hydroxylation sites is 1. The molecule has 166 valence electrons. The zero-order valence-electron chi connectivity index (χ0n) is 17.8. The van der Waals surface area contributed by atoms with Crippen molar-refractivity contribution in [3.63, 3.8) is 0 Å². The van der Waals surface area contributed by atoms with Crippen molar-refractivity contribution >= 4 is 10.1 Å². The van der Waals surface area contributed by atoms with Crippen molar-refractivity contribution in [2.75, 3.05) is 0 Å². The average molecular weight is 435 g/mol. The quantitative estimate of drug-likeness (QED) is 0.250. The lowest BCUT2D eigenvalue weighted by Gasteiger charge is -2.11. The fourth-order valence-corrected chi connectivity index (χ4v) is 4.00. The van der Waals surface area contributed by atoms with Crippen LogP contribution in [0.4, 0.5) is 0 Å². The average Bonchev–Trinajstić information content (AvgIpc) is 2.71. The van der Waals surface area contributed by atoms with Gasteiger partial charge in [0.15, 0.2) is 11.5 Å². The van der Waals surface area contributed by atoms with E-state index in [4.69, 9.17) is 9.29 Å². The molecule has 2 rings (SSSR count). The van der Waals surface area contributed by atoms with Crippen molar-refractivity contribution in [1.82, 2.24) is 0 Å². The third-order valence-electron chi connectivity index (χ3n) is 5.21. The molecule has 2 aromatic carbocycles. The van der Waals surface area contributed by atoms with Gasteiger partial charge in [-0.05, 0) is 36.6 Å². The molecule has 0 saturated heterocycles. The van der Waals surface area contributed by atoms with Crippen molar-refractivity contribution in [2.45, 2.75) is 82.4 Å². The summed E-state index contributed by atoms with van der Waals surface area (Å²) in [6.45, 7) is 2.24. The van der Waals surface area contributed by atoms with E-state index in [1.807, 2.05) is 12.1 Å². The molecule has 0 spiro atoms. The van der Waals surface area contributed by atoms with Gasteiger partial charge in [0.1, 0.15) is 5.75 Å². The summed E-state index contributed by atoms with van der Waals surface area (Å²) < 4.78 is 37.4. The number of benzene rings is 2. The number of hydrogen-bond acceptors (Lipinski definition) is 4. The van der Waals surface area contributed by atoms with E-state index in [1.54, 1.807) is 12.1 Å². The minimum atomic E-state index is -4.31. The van der Waals surface area contributed by atoms with Gasteiger partial charge in [-0.1, -0.05) is 82.9 Å². The van der Waals surface area contributed by atoms with Crippen LogP contribution in [0.15, 0.2) is 47.4 Å². The lowest BCUT2D eigenvalue weighted by molar-refractivity contribution is 0.405. The molecule has 0 aliphatic carbocycles. The first-order valence-corrected chi connectivity index (χ1v) is 12.4. The number of unbranched alkanes of at least 4 members (excludes halogenated alkanes) is 9. The first-order valence-electron chi connectivity index (χ1n) is 11.0. The molecule has 2 aromatic rings. The summed E-state index contributed by atoms with van der Waals surface area (Å²) in [6, 6.07) is 10.9. The molecular formula is C24H34O5S. The first-order chi connectivity index (χ1) is 14.4. The smallest absolute Gasteiger partial charge is 0.294 e. The van der Waals surface area contributed by atoms with Crippen molar-refractivity contribution in [2.24, 2.45) is 0 Å². The number of aryl methyl sites for hydroxylation is 1. The fourth-order valence-electron chi connectivity index (χ4n) is 3.48. The second-order valence-electron chi connectivity index (χ2n) is 7.75. The van der Waals surface area contributed by atoms with E-state index in [0.29, 0.717) is 0 Å². The Labute approximate surface area is 180 Å². The molecule has 0 aliphatic heterocycles. The highest BCUT2D eigenvalue weighted by Crippen LogP contribution is 2.35. The van der Waals surface area contributed by atoms with Crippen LogP contribution in [0.2, 0.25) is 0 Å². The molecule has 0 radical (unpaired) electrons. The summed E-state index contributed by atoms with van der Waals surface area (Å²) in [5.41, 5.74) is 0.818. The Bertz CT molecular complexity index is 877. The van der Waals surface area contributed by atoms with Crippen LogP contribution in [-0.2, 0) is 16.5 Å². The summed E-state index contributed by atoms with van der Waals surface area (Å²) in [6.07, 6.45) is 13.4. The first kappa shape index (κ1) is 24.2. The van der Waals surface area contributed by atoms with Crippen molar-refractivity contribution in [3.8, 4) is 17.2 Å². The molecular weight excluding hydrogens is 400 g/mol. The Morgan fingerprint density at radius 1 is 0.833 bits per heavy atom. The van der Waals surface area contributed by atoms with Gasteiger partial charge < -0.3 is 9.84 Å². The summed E-state index contributed by atoms with van der Waals surface area (Å²) in [7, 11) is -4.31. The van der Waals surface area contributed by atoms with Crippen molar-refractivity contribution in [3.05, 3.63) is 48.0 Å². The molecule has 6 heteroatoms. The maximum Gasteiger partial charge on any atom is 0.294 e. The maximum atomic E-state index is 11.3. The van der Waals surface area contributed by atoms with Crippen LogP contribution < -0.4 is 4.74 Å². The van der Waals surface area contributed by atoms with Crippen LogP contribution >= 0.6 is 0 Å². The molecule has 0 aromatic heterocycles. The maximum absolute atomic E-state index is 11.3. The SMILES string of the molecule is CCCCCCCCCCCCc1cccc(Oc2cccc(S(=O)(=O)O)c2)c1O. The van der Waals surface area contributed by atoms with E-state index in [0.717, 1.165) is 24.8 Å². The molecule has 0 amide bonds. The van der Waals surface area contributed by atoms with E-state index in [2.05, 4.69) is 6.92 Å². The lowest BCUT2D eigenvalue weighted by Crippen LogP contribution is -1.98. The number of ether oxygens (including phenoxy) is 1. The second-order valence-corrected chi connectivity index (χ2v) is 9.17. The minimum absolute atomic E-state index is 0.0747. The largest absolute Gasteiger partial charge is 0.504 e. The van der Waals surface area contributed by atoms with E-state index >= 15 is 0 Å². The molecule has 0 heterocycles. The summed E-state index contributed by atoms with van der Waals surface area (Å²) in [4.78, 5) is -0.249. The van der Waals surface area contributed by atoms with Gasteiger partial charge in [-0.15, -0.1) is 0 Å². The lowest BCUT2D eigenvalue weighted by atomic mass is 10.0. The normalized spacial score (nSPS) is 11.5. The van der Waals surface area contributed by atoms with Crippen molar-refractivity contribution < 1.29 is 22.8 Å². The zero-order valence-corrected chi connectivity index (χ0v) is 18.7. The highest BCUT2D eigenvalue weighted by Gasteiger charge is 2.13. The molecule has 0 bridgehead atoms. The summed E-state index contributed by atoms with van der Waals surface area (Å²) in [5.74, 6) is 0.578. The predicted octanol–water partition coefficient (Wildman–Crippen LogP) is 6.89. The van der Waals surface area contributed by atoms with Gasteiger partial charge >= 0.3 is 0 Å². The highest BCUT2D eigenvalue weighted by molar-refractivity contribution is 7.85. The van der Waals surface area contributed by atoms with Gasteiger partial charge in [0.05, 0.1) is 4.90 Å². The van der Waals surface area contributed by atoms with Gasteiger partial charge in [-0.2, -0.15) is 8.42 Å². The Kier molecular flexibility index (Phi) is 10.2. The van der Waals surface area contributed by atoms with E-state index in [1.165, 1.54) is 69.6 Å². The number of aromatic hydroxyl groups is 1. The third-order valence-corrected chi connectivity index (χ3v) is 6.06. The summed E-state index contributed by atoms with van der Waals surface area (Å²) >= 11 is 0. The Morgan fingerprint density at radius 3 is 2.07 bits per heavy atom. The van der Waals surface area contributed by atoms with E-state index in [9.17, 15) is 13.5 Å². The second kappa shape index (κ2) is 12.6. The number of phenolic OH excluding ortho intramolecular Hbond substituents is 1. The number of hydrogen-bond donors (Lipinski definition) is 2. The van der Waals surface area contributed by atoms with Gasteiger partial charge in [-0.3, -0.25) is 4.55 Å². The Hall–Kier alpha value is -2.05. The molecule has 2 N–H and O–H groups in total. The number of rotatable bonds is 14. The standard InChI is InChI=1S/C24H34O5S/c1-2-3-4-5-6-7-8-9-10-11-14-20-15-12-18-23(24(20)25)29-21-16-13-17-22(19-21)30(26,27)28/h12-13,15-19,25H,2-11,14H2,1H3,(H,26,27,28). The van der Waals surface area contributed by atoms with Crippen LogP contribution in [0.1, 0.15) is 76.7 Å². The van der Waals surface area contributed by atoms with Gasteiger partial charge in [0.2, 0.25) is 0 Å². The van der Waals surface area contributed by atoms with Crippen molar-refractivity contribution in [1.29, 1.82) is 0 Å². The van der Waals surface area contributed by atoms with Crippen LogP contribution in [-0.4, -0.2) is 18.1 Å². The van der Waals surface area contributed by atoms with Crippen LogP contribution in [0.3, 0.4) is 0 Å². The van der Waals surface area contributed by atoms with Gasteiger partial charge in [0, 0.05) is 6.07 Å². The molecule has 0 unspecified atom stereocenters. The number of phenols is 1. The molecule has 0 atom stereocenters. The Balaban J connectivity index is 1.80. The van der Waals surface area contributed by atoms with E-state index < -0.39 is 10.1 Å². The molecule has 30 heavy (non-hydrogen) atoms. The van der Waals surface area contributed by atoms with Gasteiger partial charge in [0.25, 0.3) is 10.1 Å². The minimum Gasteiger partial charge on any atom is -0.504 e. The predicted molar refractivity (Wildman–Crippen MR) is 120 cm³/mol. The fraction of sp³-hybridized carbons (Fsp3) is 0.500. The molecule has 0 saturated carbocycles. The zero-order chi connectivity index (χ0) is 21.8. The molecule has 0 fully saturated rings. The third kappa shape index (κ3) is 8.36. The van der Waals surface area contributed by atoms with Gasteiger partial charge in [-0.25, -0.2) is 0 Å². The van der Waals surface area contributed by atoms with E-state index in [-0.39, 0.29) is 22.1 Å². The van der Waals surface area contributed by atoms with Crippen LogP contribution in [0.5, 0.6) is 17.2 Å². The molecule has 5 nitrogen and oxygen atoms in total. The monoisotopic (exact) mass is 434 g/mol.